The van der Waals surface area contributed by atoms with E-state index in [-0.39, 0.29) is 0 Å². The Morgan fingerprint density at radius 1 is 1.19 bits per heavy atom. The van der Waals surface area contributed by atoms with Crippen molar-refractivity contribution in [2.75, 3.05) is 26.2 Å². The van der Waals surface area contributed by atoms with Crippen LogP contribution < -0.4 is 10.5 Å². The van der Waals surface area contributed by atoms with Crippen LogP contribution >= 0.6 is 0 Å². The van der Waals surface area contributed by atoms with E-state index in [1.165, 1.54) is 50.8 Å². The van der Waals surface area contributed by atoms with Crippen LogP contribution in [0.4, 0.5) is 0 Å². The largest absolute Gasteiger partial charge is 0.494 e. The van der Waals surface area contributed by atoms with Gasteiger partial charge in [0.25, 0.3) is 0 Å². The SMILES string of the molecule is CCCCCOc1cccc(C(CN)N2CCCCC2)c1. The molecule has 0 aromatic heterocycles. The van der Waals surface area contributed by atoms with Crippen molar-refractivity contribution in [3.05, 3.63) is 29.8 Å². The molecule has 2 rings (SSSR count). The molecule has 3 nitrogen and oxygen atoms in total. The molecule has 1 aromatic rings. The molecule has 0 radical (unpaired) electrons. The number of ether oxygens (including phenoxy) is 1. The van der Waals surface area contributed by atoms with Gasteiger partial charge in [-0.3, -0.25) is 4.90 Å². The molecule has 1 aromatic carbocycles. The van der Waals surface area contributed by atoms with E-state index in [0.29, 0.717) is 12.6 Å². The van der Waals surface area contributed by atoms with Gasteiger partial charge in [-0.1, -0.05) is 38.3 Å². The monoisotopic (exact) mass is 290 g/mol. The maximum atomic E-state index is 6.04. The van der Waals surface area contributed by atoms with Gasteiger partial charge in [0.1, 0.15) is 5.75 Å². The topological polar surface area (TPSA) is 38.5 Å². The molecular formula is C18H30N2O. The second-order valence-electron chi connectivity index (χ2n) is 5.98. The van der Waals surface area contributed by atoms with Gasteiger partial charge in [-0.25, -0.2) is 0 Å². The normalized spacial score (nSPS) is 17.6. The van der Waals surface area contributed by atoms with Gasteiger partial charge < -0.3 is 10.5 Å². The summed E-state index contributed by atoms with van der Waals surface area (Å²) in [7, 11) is 0. The quantitative estimate of drug-likeness (QED) is 0.741. The number of hydrogen-bond acceptors (Lipinski definition) is 3. The van der Waals surface area contributed by atoms with Crippen molar-refractivity contribution in [1.29, 1.82) is 0 Å². The lowest BCUT2D eigenvalue weighted by Crippen LogP contribution is -2.37. The lowest BCUT2D eigenvalue weighted by molar-refractivity contribution is 0.167. The Labute approximate surface area is 129 Å². The summed E-state index contributed by atoms with van der Waals surface area (Å²) in [5, 5.41) is 0. The molecule has 0 aliphatic carbocycles. The molecule has 1 unspecified atom stereocenters. The number of likely N-dealkylation sites (tertiary alicyclic amines) is 1. The fraction of sp³-hybridized carbons (Fsp3) is 0.667. The van der Waals surface area contributed by atoms with Crippen LogP contribution in [0.5, 0.6) is 5.75 Å². The molecule has 0 spiro atoms. The van der Waals surface area contributed by atoms with Crippen molar-refractivity contribution >= 4 is 0 Å². The molecule has 1 atom stereocenters. The summed E-state index contributed by atoms with van der Waals surface area (Å²) in [4.78, 5) is 2.53. The van der Waals surface area contributed by atoms with E-state index in [4.69, 9.17) is 10.5 Å². The van der Waals surface area contributed by atoms with Crippen LogP contribution in [-0.4, -0.2) is 31.1 Å². The van der Waals surface area contributed by atoms with Gasteiger partial charge in [0.2, 0.25) is 0 Å². The van der Waals surface area contributed by atoms with E-state index in [0.717, 1.165) is 18.8 Å². The van der Waals surface area contributed by atoms with E-state index >= 15 is 0 Å². The van der Waals surface area contributed by atoms with Gasteiger partial charge in [0.05, 0.1) is 6.61 Å². The van der Waals surface area contributed by atoms with Gasteiger partial charge in [-0.15, -0.1) is 0 Å². The third-order valence-corrected chi connectivity index (χ3v) is 4.31. The predicted octanol–water partition coefficient (Wildman–Crippen LogP) is 3.74. The standard InChI is InChI=1S/C18H30N2O/c1-2-3-7-13-21-17-10-8-9-16(14-17)18(15-19)20-11-5-4-6-12-20/h8-10,14,18H,2-7,11-13,15,19H2,1H3. The van der Waals surface area contributed by atoms with Gasteiger partial charge in [0, 0.05) is 12.6 Å². The van der Waals surface area contributed by atoms with Crippen molar-refractivity contribution in [1.82, 2.24) is 4.90 Å². The second kappa shape index (κ2) is 9.06. The maximum absolute atomic E-state index is 6.04. The first kappa shape index (κ1) is 16.3. The molecule has 21 heavy (non-hydrogen) atoms. The summed E-state index contributed by atoms with van der Waals surface area (Å²) in [6, 6.07) is 8.85. The summed E-state index contributed by atoms with van der Waals surface area (Å²) in [6.45, 7) is 6.05. The van der Waals surface area contributed by atoms with E-state index in [1.54, 1.807) is 0 Å². The molecule has 1 aliphatic rings. The van der Waals surface area contributed by atoms with Crippen LogP contribution in [0.15, 0.2) is 24.3 Å². The van der Waals surface area contributed by atoms with Crippen LogP contribution in [0.2, 0.25) is 0 Å². The minimum atomic E-state index is 0.337. The van der Waals surface area contributed by atoms with Crippen molar-refractivity contribution in [2.45, 2.75) is 51.5 Å². The second-order valence-corrected chi connectivity index (χ2v) is 5.98. The highest BCUT2D eigenvalue weighted by Gasteiger charge is 2.21. The lowest BCUT2D eigenvalue weighted by Gasteiger charge is -2.34. The first-order valence-corrected chi connectivity index (χ1v) is 8.52. The minimum absolute atomic E-state index is 0.337. The Balaban J connectivity index is 1.96. The molecule has 118 valence electrons. The van der Waals surface area contributed by atoms with E-state index < -0.39 is 0 Å². The molecule has 0 saturated carbocycles. The number of hydrogen-bond donors (Lipinski definition) is 1. The fourth-order valence-electron chi connectivity index (χ4n) is 3.08. The summed E-state index contributed by atoms with van der Waals surface area (Å²) in [5.41, 5.74) is 7.34. The molecular weight excluding hydrogens is 260 g/mol. The van der Waals surface area contributed by atoms with Gasteiger partial charge in [0.15, 0.2) is 0 Å². The van der Waals surface area contributed by atoms with Gasteiger partial charge in [-0.2, -0.15) is 0 Å². The average Bonchev–Trinajstić information content (AvgIpc) is 2.54. The third kappa shape index (κ3) is 5.01. The Morgan fingerprint density at radius 3 is 2.71 bits per heavy atom. The van der Waals surface area contributed by atoms with Crippen LogP contribution in [0.3, 0.4) is 0 Å². The molecule has 0 bridgehead atoms. The highest BCUT2D eigenvalue weighted by molar-refractivity contribution is 5.31. The average molecular weight is 290 g/mol. The first-order valence-electron chi connectivity index (χ1n) is 8.52. The van der Waals surface area contributed by atoms with E-state index in [9.17, 15) is 0 Å². The van der Waals surface area contributed by atoms with Gasteiger partial charge in [-0.05, 0) is 50.0 Å². The minimum Gasteiger partial charge on any atom is -0.494 e. The van der Waals surface area contributed by atoms with Gasteiger partial charge >= 0.3 is 0 Å². The zero-order valence-corrected chi connectivity index (χ0v) is 13.4. The number of rotatable bonds is 8. The lowest BCUT2D eigenvalue weighted by atomic mass is 10.0. The molecule has 0 amide bonds. The summed E-state index contributed by atoms with van der Waals surface area (Å²) in [5.74, 6) is 0.985. The predicted molar refractivity (Wildman–Crippen MR) is 88.7 cm³/mol. The number of unbranched alkanes of at least 4 members (excludes halogenated alkanes) is 2. The Hall–Kier alpha value is -1.06. The number of benzene rings is 1. The van der Waals surface area contributed by atoms with E-state index in [1.807, 2.05) is 0 Å². The zero-order chi connectivity index (χ0) is 14.9. The maximum Gasteiger partial charge on any atom is 0.119 e. The van der Waals surface area contributed by atoms with Crippen molar-refractivity contribution in [2.24, 2.45) is 5.73 Å². The zero-order valence-electron chi connectivity index (χ0n) is 13.4. The van der Waals surface area contributed by atoms with Crippen molar-refractivity contribution in [3.8, 4) is 5.75 Å². The van der Waals surface area contributed by atoms with Crippen LogP contribution in [-0.2, 0) is 0 Å². The molecule has 1 aliphatic heterocycles. The summed E-state index contributed by atoms with van der Waals surface area (Å²) in [6.07, 6.45) is 7.54. The Kier molecular flexibility index (Phi) is 7.04. The number of piperidine rings is 1. The van der Waals surface area contributed by atoms with E-state index in [2.05, 4.69) is 36.1 Å². The fourth-order valence-corrected chi connectivity index (χ4v) is 3.08. The first-order chi connectivity index (χ1) is 10.3. The van der Waals surface area contributed by atoms with Crippen molar-refractivity contribution in [3.63, 3.8) is 0 Å². The molecule has 1 saturated heterocycles. The molecule has 2 N–H and O–H groups in total. The highest BCUT2D eigenvalue weighted by atomic mass is 16.5. The Bertz CT molecular complexity index is 402. The molecule has 3 heteroatoms. The number of nitrogens with zero attached hydrogens (tertiary/aromatic N) is 1. The number of nitrogens with two attached hydrogens (primary N) is 1. The smallest absolute Gasteiger partial charge is 0.119 e. The van der Waals surface area contributed by atoms with Crippen LogP contribution in [0, 0.1) is 0 Å². The Morgan fingerprint density at radius 2 is 2.00 bits per heavy atom. The molecule has 1 heterocycles. The van der Waals surface area contributed by atoms with Crippen LogP contribution in [0.1, 0.15) is 57.1 Å². The third-order valence-electron chi connectivity index (χ3n) is 4.31. The molecule has 1 fully saturated rings. The highest BCUT2D eigenvalue weighted by Crippen LogP contribution is 2.26. The summed E-state index contributed by atoms with van der Waals surface area (Å²) < 4.78 is 5.87. The van der Waals surface area contributed by atoms with Crippen molar-refractivity contribution < 1.29 is 4.74 Å². The summed E-state index contributed by atoms with van der Waals surface area (Å²) >= 11 is 0. The van der Waals surface area contributed by atoms with Crippen LogP contribution in [0.25, 0.3) is 0 Å².